The van der Waals surface area contributed by atoms with Crippen LogP contribution in [0.15, 0.2) is 70.1 Å². The zero-order chi connectivity index (χ0) is 27.7. The first-order chi connectivity index (χ1) is 17.8. The molecule has 8 nitrogen and oxygen atoms in total. The Morgan fingerprint density at radius 3 is 2.32 bits per heavy atom. The predicted octanol–water partition coefficient (Wildman–Crippen LogP) is 5.38. The summed E-state index contributed by atoms with van der Waals surface area (Å²) in [5.41, 5.74) is 2.96. The number of anilines is 1. The van der Waals surface area contributed by atoms with Crippen LogP contribution in [0.2, 0.25) is 0 Å². The van der Waals surface area contributed by atoms with E-state index in [0.717, 1.165) is 36.4 Å². The van der Waals surface area contributed by atoms with Gasteiger partial charge in [-0.2, -0.15) is 21.4 Å². The molecule has 0 aliphatic carbocycles. The molecule has 12 heteroatoms. The van der Waals surface area contributed by atoms with Crippen LogP contribution in [0.25, 0.3) is 16.3 Å². The third kappa shape index (κ3) is 6.67. The number of allylic oxidation sites excluding steroid dienone is 2. The Balaban J connectivity index is 1.65. The molecule has 1 aliphatic rings. The maximum absolute atomic E-state index is 11.6. The molecular formula is C26H31N2O6S4+. The van der Waals surface area contributed by atoms with Gasteiger partial charge >= 0.3 is 0 Å². The van der Waals surface area contributed by atoms with Crippen molar-refractivity contribution in [1.29, 1.82) is 0 Å². The van der Waals surface area contributed by atoms with Gasteiger partial charge in [0.15, 0.2) is 6.54 Å². The summed E-state index contributed by atoms with van der Waals surface area (Å²) in [5.74, 6) is 0. The lowest BCUT2D eigenvalue weighted by molar-refractivity contribution is -0.669. The number of aryl methyl sites for hydroxylation is 1. The van der Waals surface area contributed by atoms with Gasteiger partial charge in [-0.3, -0.25) is 9.11 Å². The first kappa shape index (κ1) is 28.8. The first-order valence-corrected chi connectivity index (χ1v) is 16.8. The largest absolute Gasteiger partial charge is 0.335 e. The number of fused-ring (bicyclic) bond motifs is 2. The molecule has 0 bridgehead atoms. The van der Waals surface area contributed by atoms with Gasteiger partial charge in [0, 0.05) is 30.0 Å². The maximum Gasteiger partial charge on any atom is 0.267 e. The molecule has 0 saturated heterocycles. The zero-order valence-corrected chi connectivity index (χ0v) is 24.6. The van der Waals surface area contributed by atoms with Gasteiger partial charge in [-0.15, -0.1) is 0 Å². The second-order valence-corrected chi connectivity index (χ2v) is 15.2. The summed E-state index contributed by atoms with van der Waals surface area (Å²) >= 11 is 3.21. The van der Waals surface area contributed by atoms with Crippen LogP contribution in [-0.4, -0.2) is 43.0 Å². The molecule has 0 radical (unpaired) electrons. The van der Waals surface area contributed by atoms with Gasteiger partial charge in [-0.1, -0.05) is 47.4 Å². The van der Waals surface area contributed by atoms with Crippen molar-refractivity contribution >= 4 is 65.3 Å². The maximum atomic E-state index is 11.6. The molecule has 1 aliphatic heterocycles. The third-order valence-electron chi connectivity index (χ3n) is 6.51. The zero-order valence-electron chi connectivity index (χ0n) is 21.3. The summed E-state index contributed by atoms with van der Waals surface area (Å²) < 4.78 is 68.2. The van der Waals surface area contributed by atoms with E-state index in [4.69, 9.17) is 0 Å². The van der Waals surface area contributed by atoms with Gasteiger partial charge in [0.25, 0.3) is 25.2 Å². The van der Waals surface area contributed by atoms with E-state index in [2.05, 4.69) is 21.6 Å². The second-order valence-electron chi connectivity index (χ2n) is 9.38. The number of thioether (sulfide) groups is 1. The van der Waals surface area contributed by atoms with Gasteiger partial charge in [0.2, 0.25) is 5.52 Å². The summed E-state index contributed by atoms with van der Waals surface area (Å²) in [6.45, 7) is 5.86. The van der Waals surface area contributed by atoms with Crippen molar-refractivity contribution in [1.82, 2.24) is 0 Å². The van der Waals surface area contributed by atoms with E-state index in [1.54, 1.807) is 23.1 Å². The average molecular weight is 596 g/mol. The molecule has 4 rings (SSSR count). The van der Waals surface area contributed by atoms with Gasteiger partial charge < -0.3 is 4.90 Å². The quantitative estimate of drug-likeness (QED) is 0.237. The first-order valence-electron chi connectivity index (χ1n) is 12.1. The summed E-state index contributed by atoms with van der Waals surface area (Å²) in [6.07, 6.45) is 4.66. The predicted molar refractivity (Wildman–Crippen MR) is 155 cm³/mol. The lowest BCUT2D eigenvalue weighted by Gasteiger charge is -2.22. The number of hydrogen-bond acceptors (Lipinski definition) is 7. The van der Waals surface area contributed by atoms with E-state index in [-0.39, 0.29) is 12.8 Å². The molecule has 2 heterocycles. The molecule has 0 fully saturated rings. The van der Waals surface area contributed by atoms with Crippen LogP contribution in [0, 0.1) is 0 Å². The van der Waals surface area contributed by atoms with E-state index in [9.17, 15) is 25.9 Å². The molecule has 0 amide bonds. The van der Waals surface area contributed by atoms with Crippen molar-refractivity contribution in [3.05, 3.63) is 70.2 Å². The molecule has 0 spiro atoms. The number of thiazole rings is 1. The lowest BCUT2D eigenvalue weighted by atomic mass is 10.2. The molecule has 2 atom stereocenters. The van der Waals surface area contributed by atoms with Crippen molar-refractivity contribution in [2.24, 2.45) is 0 Å². The Bertz CT molecular complexity index is 1610. The molecular weight excluding hydrogens is 565 g/mol. The molecule has 3 aromatic rings. The highest BCUT2D eigenvalue weighted by atomic mass is 32.2. The number of para-hydroxylation sites is 2. The third-order valence-corrected chi connectivity index (χ3v) is 11.2. The molecule has 2 N–H and O–H groups in total. The Morgan fingerprint density at radius 2 is 1.61 bits per heavy atom. The van der Waals surface area contributed by atoms with E-state index in [1.165, 1.54) is 13.8 Å². The molecule has 38 heavy (non-hydrogen) atoms. The fraction of sp³-hybridized carbons (Fsp3) is 0.346. The van der Waals surface area contributed by atoms with Crippen molar-refractivity contribution in [3.63, 3.8) is 0 Å². The van der Waals surface area contributed by atoms with Crippen molar-refractivity contribution in [2.75, 3.05) is 11.4 Å². The highest BCUT2D eigenvalue weighted by Gasteiger charge is 2.28. The highest BCUT2D eigenvalue weighted by molar-refractivity contribution is 8.03. The molecule has 1 aromatic heterocycles. The summed E-state index contributed by atoms with van der Waals surface area (Å²) in [6, 6.07) is 15.8. The second kappa shape index (κ2) is 11.5. The van der Waals surface area contributed by atoms with Gasteiger partial charge in [0.05, 0.1) is 21.2 Å². The minimum absolute atomic E-state index is 0.274. The number of nitrogens with zero attached hydrogens (tertiary/aromatic N) is 2. The average Bonchev–Trinajstić information content (AvgIpc) is 3.36. The van der Waals surface area contributed by atoms with Crippen LogP contribution < -0.4 is 9.47 Å². The van der Waals surface area contributed by atoms with Crippen LogP contribution in [0.4, 0.5) is 5.69 Å². The summed E-state index contributed by atoms with van der Waals surface area (Å²) in [5, 5.41) is 0.159. The van der Waals surface area contributed by atoms with Gasteiger partial charge in [-0.05, 0) is 57.0 Å². The van der Waals surface area contributed by atoms with E-state index >= 15 is 0 Å². The summed E-state index contributed by atoms with van der Waals surface area (Å²) in [7, 11) is -8.22. The van der Waals surface area contributed by atoms with Crippen molar-refractivity contribution in [2.45, 2.75) is 55.6 Å². The molecule has 2 aromatic carbocycles. The van der Waals surface area contributed by atoms with Crippen LogP contribution in [0.5, 0.6) is 0 Å². The molecule has 0 saturated carbocycles. The molecule has 204 valence electrons. The Kier molecular flexibility index (Phi) is 8.70. The van der Waals surface area contributed by atoms with E-state index in [0.29, 0.717) is 13.1 Å². The lowest BCUT2D eigenvalue weighted by Crippen LogP contribution is -2.37. The van der Waals surface area contributed by atoms with E-state index in [1.807, 2.05) is 55.5 Å². The van der Waals surface area contributed by atoms with Crippen molar-refractivity contribution < 1.29 is 30.5 Å². The topological polar surface area (TPSA) is 116 Å². The number of aromatic nitrogens is 1. The van der Waals surface area contributed by atoms with Crippen LogP contribution in [0.3, 0.4) is 0 Å². The van der Waals surface area contributed by atoms with Gasteiger partial charge in [0.1, 0.15) is 4.70 Å². The minimum Gasteiger partial charge on any atom is -0.335 e. The normalized spacial score (nSPS) is 17.2. The smallest absolute Gasteiger partial charge is 0.267 e. The fourth-order valence-electron chi connectivity index (χ4n) is 4.13. The highest BCUT2D eigenvalue weighted by Crippen LogP contribution is 2.46. The van der Waals surface area contributed by atoms with Crippen molar-refractivity contribution in [3.8, 4) is 0 Å². The Morgan fingerprint density at radius 1 is 0.974 bits per heavy atom. The Labute approximate surface area is 232 Å². The summed E-state index contributed by atoms with van der Waals surface area (Å²) in [4.78, 5) is 3.15. The number of benzene rings is 2. The minimum atomic E-state index is -4.11. The molecule has 2 unspecified atom stereocenters. The SMILES string of the molecule is CC(/C=C1\Sc2ccccc2N1CCC(C)S(=O)(=O)O)=C\c1sc2ccccc2[n+]1CCC(C)S(=O)(=O)O. The standard InChI is InChI=1S/C26H30N2O6S4/c1-18(16-25-27(14-12-19(2)37(29,30)31)21-8-4-6-10-23(21)35-25)17-26-28(15-13-20(3)38(32,33)34)22-9-5-7-11-24(22)36-26/h4-11,16-17,19-20H,12-15H2,1-3H3,(H-,29,30,31,32,33,34)/p+1. The van der Waals surface area contributed by atoms with Gasteiger partial charge in [-0.25, -0.2) is 0 Å². The monoisotopic (exact) mass is 595 g/mol. The number of rotatable bonds is 10. The van der Waals surface area contributed by atoms with Crippen LogP contribution in [-0.2, 0) is 26.8 Å². The number of hydrogen-bond donors (Lipinski definition) is 2. The Hall–Kier alpha value is -2.22. The fourth-order valence-corrected chi connectivity index (χ4v) is 7.34. The van der Waals surface area contributed by atoms with Crippen LogP contribution in [0.1, 0.15) is 38.6 Å². The van der Waals surface area contributed by atoms with E-state index < -0.39 is 30.7 Å². The van der Waals surface area contributed by atoms with Crippen LogP contribution >= 0.6 is 23.1 Å².